The van der Waals surface area contributed by atoms with Crippen molar-refractivity contribution in [1.29, 1.82) is 0 Å². The van der Waals surface area contributed by atoms with E-state index in [2.05, 4.69) is 4.98 Å². The van der Waals surface area contributed by atoms with Gasteiger partial charge in [-0.3, -0.25) is 0 Å². The van der Waals surface area contributed by atoms with E-state index in [1.165, 1.54) is 43.6 Å². The Bertz CT molecular complexity index is 994. The van der Waals surface area contributed by atoms with Gasteiger partial charge in [0.1, 0.15) is 0 Å². The normalized spacial score (nSPS) is 12.1. The number of halogens is 6. The van der Waals surface area contributed by atoms with Crippen LogP contribution in [0.15, 0.2) is 60.8 Å². The standard InChI is InChI=1S/C20H13F6NO/c1-28-18-17(13-5-3-7-16(9-13)20(24,25)26)10-14(11-27-18)12-4-2-6-15(8-12)19(21,22)23/h2-11H,1H3. The minimum atomic E-state index is -4.53. The number of aromatic nitrogens is 1. The molecule has 0 unspecified atom stereocenters. The molecular formula is C20H13F6NO. The molecule has 1 aromatic heterocycles. The van der Waals surface area contributed by atoms with Crippen molar-refractivity contribution in [1.82, 2.24) is 4.98 Å². The van der Waals surface area contributed by atoms with Gasteiger partial charge in [-0.15, -0.1) is 0 Å². The van der Waals surface area contributed by atoms with Gasteiger partial charge in [-0.05, 0) is 41.5 Å². The molecule has 0 saturated heterocycles. The lowest BCUT2D eigenvalue weighted by atomic mass is 9.99. The van der Waals surface area contributed by atoms with E-state index < -0.39 is 23.5 Å². The van der Waals surface area contributed by atoms with Crippen LogP contribution in [0, 0.1) is 0 Å². The molecule has 0 radical (unpaired) electrons. The van der Waals surface area contributed by atoms with E-state index in [-0.39, 0.29) is 22.6 Å². The molecule has 0 aliphatic rings. The Hall–Kier alpha value is -3.03. The van der Waals surface area contributed by atoms with Crippen molar-refractivity contribution in [3.8, 4) is 28.1 Å². The first-order chi connectivity index (χ1) is 13.1. The monoisotopic (exact) mass is 397 g/mol. The van der Waals surface area contributed by atoms with E-state index in [1.807, 2.05) is 0 Å². The maximum atomic E-state index is 13.0. The van der Waals surface area contributed by atoms with Crippen molar-refractivity contribution in [2.75, 3.05) is 7.11 Å². The van der Waals surface area contributed by atoms with Crippen LogP contribution in [0.3, 0.4) is 0 Å². The van der Waals surface area contributed by atoms with E-state index in [1.54, 1.807) is 0 Å². The van der Waals surface area contributed by atoms with E-state index >= 15 is 0 Å². The summed E-state index contributed by atoms with van der Waals surface area (Å²) in [5.41, 5.74) is -0.702. The molecule has 0 bridgehead atoms. The van der Waals surface area contributed by atoms with Gasteiger partial charge in [-0.2, -0.15) is 26.3 Å². The zero-order valence-electron chi connectivity index (χ0n) is 14.4. The summed E-state index contributed by atoms with van der Waals surface area (Å²) in [6.07, 6.45) is -7.74. The summed E-state index contributed by atoms with van der Waals surface area (Å²) in [5.74, 6) is 0.0649. The van der Waals surface area contributed by atoms with Crippen LogP contribution in [-0.2, 0) is 12.4 Å². The number of alkyl halides is 6. The molecule has 1 heterocycles. The second-order valence-corrected chi connectivity index (χ2v) is 5.94. The van der Waals surface area contributed by atoms with Crippen LogP contribution < -0.4 is 4.74 Å². The van der Waals surface area contributed by atoms with Gasteiger partial charge in [0, 0.05) is 17.3 Å². The highest BCUT2D eigenvalue weighted by atomic mass is 19.4. The fraction of sp³-hybridized carbons (Fsp3) is 0.150. The van der Waals surface area contributed by atoms with Crippen LogP contribution >= 0.6 is 0 Å². The molecule has 0 spiro atoms. The lowest BCUT2D eigenvalue weighted by molar-refractivity contribution is -0.138. The average Bonchev–Trinajstić information content (AvgIpc) is 2.66. The third kappa shape index (κ3) is 4.11. The fourth-order valence-corrected chi connectivity index (χ4v) is 2.72. The number of hydrogen-bond donors (Lipinski definition) is 0. The lowest BCUT2D eigenvalue weighted by Gasteiger charge is -2.13. The van der Waals surface area contributed by atoms with Crippen molar-refractivity contribution < 1.29 is 31.1 Å². The lowest BCUT2D eigenvalue weighted by Crippen LogP contribution is -2.05. The molecule has 0 saturated carbocycles. The summed E-state index contributed by atoms with van der Waals surface area (Å²) >= 11 is 0. The van der Waals surface area contributed by atoms with E-state index in [0.29, 0.717) is 5.56 Å². The van der Waals surface area contributed by atoms with Gasteiger partial charge < -0.3 is 4.74 Å². The second kappa shape index (κ2) is 7.18. The number of nitrogens with zero attached hydrogens (tertiary/aromatic N) is 1. The maximum absolute atomic E-state index is 13.0. The van der Waals surface area contributed by atoms with Crippen LogP contribution in [0.4, 0.5) is 26.3 Å². The number of rotatable bonds is 3. The first-order valence-electron chi connectivity index (χ1n) is 7.99. The van der Waals surface area contributed by atoms with Crippen molar-refractivity contribution in [2.45, 2.75) is 12.4 Å². The number of benzene rings is 2. The van der Waals surface area contributed by atoms with Gasteiger partial charge >= 0.3 is 12.4 Å². The molecule has 2 aromatic carbocycles. The van der Waals surface area contributed by atoms with Crippen LogP contribution in [0.5, 0.6) is 5.88 Å². The minimum absolute atomic E-state index is 0.0649. The van der Waals surface area contributed by atoms with Crippen LogP contribution in [0.25, 0.3) is 22.3 Å². The Morgan fingerprint density at radius 3 is 1.79 bits per heavy atom. The minimum Gasteiger partial charge on any atom is -0.481 e. The Morgan fingerprint density at radius 2 is 1.25 bits per heavy atom. The molecule has 0 aliphatic heterocycles. The summed E-state index contributed by atoms with van der Waals surface area (Å²) in [6, 6.07) is 10.6. The predicted molar refractivity (Wildman–Crippen MR) is 91.7 cm³/mol. The fourth-order valence-electron chi connectivity index (χ4n) is 2.72. The van der Waals surface area contributed by atoms with Crippen molar-refractivity contribution in [3.05, 3.63) is 71.9 Å². The third-order valence-corrected chi connectivity index (χ3v) is 4.07. The van der Waals surface area contributed by atoms with Crippen LogP contribution in [0.2, 0.25) is 0 Å². The highest BCUT2D eigenvalue weighted by Gasteiger charge is 2.31. The van der Waals surface area contributed by atoms with E-state index in [0.717, 1.165) is 24.3 Å². The van der Waals surface area contributed by atoms with Crippen LogP contribution in [0.1, 0.15) is 11.1 Å². The Labute approximate surface area is 156 Å². The molecular weight excluding hydrogens is 384 g/mol. The second-order valence-electron chi connectivity index (χ2n) is 5.94. The number of ether oxygens (including phenoxy) is 1. The predicted octanol–water partition coefficient (Wildman–Crippen LogP) is 6.46. The van der Waals surface area contributed by atoms with Crippen molar-refractivity contribution >= 4 is 0 Å². The summed E-state index contributed by atoms with van der Waals surface area (Å²) in [5, 5.41) is 0. The first kappa shape index (κ1) is 19.7. The van der Waals surface area contributed by atoms with E-state index in [9.17, 15) is 26.3 Å². The zero-order valence-corrected chi connectivity index (χ0v) is 14.4. The molecule has 3 aromatic rings. The smallest absolute Gasteiger partial charge is 0.416 e. The van der Waals surface area contributed by atoms with Gasteiger partial charge in [0.25, 0.3) is 0 Å². The SMILES string of the molecule is COc1ncc(-c2cccc(C(F)(F)F)c2)cc1-c1cccc(C(F)(F)F)c1. The molecule has 2 nitrogen and oxygen atoms in total. The summed E-state index contributed by atoms with van der Waals surface area (Å²) in [6.45, 7) is 0. The van der Waals surface area contributed by atoms with Gasteiger partial charge in [-0.1, -0.05) is 24.3 Å². The van der Waals surface area contributed by atoms with Gasteiger partial charge in [0.2, 0.25) is 5.88 Å². The highest BCUT2D eigenvalue weighted by Crippen LogP contribution is 2.37. The maximum Gasteiger partial charge on any atom is 0.416 e. The molecule has 0 amide bonds. The molecule has 0 atom stereocenters. The van der Waals surface area contributed by atoms with Crippen molar-refractivity contribution in [2.24, 2.45) is 0 Å². The van der Waals surface area contributed by atoms with Gasteiger partial charge in [0.15, 0.2) is 0 Å². The third-order valence-electron chi connectivity index (χ3n) is 4.07. The zero-order chi connectivity index (χ0) is 20.5. The Morgan fingerprint density at radius 1 is 0.714 bits per heavy atom. The molecule has 3 rings (SSSR count). The highest BCUT2D eigenvalue weighted by molar-refractivity contribution is 5.76. The molecule has 0 fully saturated rings. The number of methoxy groups -OCH3 is 1. The van der Waals surface area contributed by atoms with E-state index in [4.69, 9.17) is 4.74 Å². The number of hydrogen-bond acceptors (Lipinski definition) is 2. The van der Waals surface area contributed by atoms with Crippen molar-refractivity contribution in [3.63, 3.8) is 0 Å². The van der Waals surface area contributed by atoms with Crippen LogP contribution in [-0.4, -0.2) is 12.1 Å². The molecule has 0 aliphatic carbocycles. The quantitative estimate of drug-likeness (QED) is 0.473. The Kier molecular flexibility index (Phi) is 5.06. The Balaban J connectivity index is 2.12. The molecule has 146 valence electrons. The van der Waals surface area contributed by atoms with Gasteiger partial charge in [-0.25, -0.2) is 4.98 Å². The molecule has 28 heavy (non-hydrogen) atoms. The summed E-state index contributed by atoms with van der Waals surface area (Å²) in [7, 11) is 1.31. The topological polar surface area (TPSA) is 22.1 Å². The van der Waals surface area contributed by atoms with Gasteiger partial charge in [0.05, 0.1) is 18.2 Å². The summed E-state index contributed by atoms with van der Waals surface area (Å²) < 4.78 is 83.0. The molecule has 8 heteroatoms. The average molecular weight is 397 g/mol. The first-order valence-corrected chi connectivity index (χ1v) is 7.99. The summed E-state index contributed by atoms with van der Waals surface area (Å²) in [4.78, 5) is 4.05. The largest absolute Gasteiger partial charge is 0.481 e. The molecule has 0 N–H and O–H groups in total. The number of pyridine rings is 1.